The van der Waals surface area contributed by atoms with Crippen LogP contribution < -0.4 is 5.56 Å². The van der Waals surface area contributed by atoms with Crippen molar-refractivity contribution in [3.63, 3.8) is 0 Å². The maximum Gasteiger partial charge on any atom is 0.325 e. The molecule has 2 aromatic rings. The minimum absolute atomic E-state index is 0.374. The summed E-state index contributed by atoms with van der Waals surface area (Å²) in [5.41, 5.74) is 0.635. The number of hydrogen-bond acceptors (Lipinski definition) is 2. The third-order valence-corrected chi connectivity index (χ3v) is 2.24. The Labute approximate surface area is 95.1 Å². The Morgan fingerprint density at radius 3 is 2.59 bits per heavy atom. The lowest BCUT2D eigenvalue weighted by Crippen LogP contribution is -2.20. The van der Waals surface area contributed by atoms with E-state index in [0.29, 0.717) is 11.3 Å². The molecule has 88 valence electrons. The van der Waals surface area contributed by atoms with E-state index in [-0.39, 0.29) is 5.82 Å². The SMILES string of the molecule is O=C(O)Cn1[nH]c(-c2ccc(F)cc2)cc1=O. The maximum absolute atomic E-state index is 12.7. The number of nitrogens with one attached hydrogen (secondary N) is 1. The molecule has 1 heterocycles. The highest BCUT2D eigenvalue weighted by atomic mass is 19.1. The number of carboxylic acids is 1. The highest BCUT2D eigenvalue weighted by molar-refractivity contribution is 5.66. The van der Waals surface area contributed by atoms with Crippen LogP contribution in [0.25, 0.3) is 11.3 Å². The van der Waals surface area contributed by atoms with Crippen molar-refractivity contribution in [2.75, 3.05) is 0 Å². The van der Waals surface area contributed by atoms with Crippen molar-refractivity contribution in [1.29, 1.82) is 0 Å². The lowest BCUT2D eigenvalue weighted by Gasteiger charge is -1.98. The summed E-state index contributed by atoms with van der Waals surface area (Å²) in [6, 6.07) is 6.82. The topological polar surface area (TPSA) is 75.1 Å². The van der Waals surface area contributed by atoms with E-state index < -0.39 is 18.1 Å². The lowest BCUT2D eigenvalue weighted by atomic mass is 10.1. The van der Waals surface area contributed by atoms with E-state index in [0.717, 1.165) is 4.68 Å². The summed E-state index contributed by atoms with van der Waals surface area (Å²) in [5.74, 6) is -1.49. The van der Waals surface area contributed by atoms with Gasteiger partial charge in [-0.15, -0.1) is 0 Å². The van der Waals surface area contributed by atoms with Gasteiger partial charge in [-0.25, -0.2) is 9.07 Å². The number of carboxylic acid groups (broad SMARTS) is 1. The fourth-order valence-electron chi connectivity index (χ4n) is 1.46. The molecule has 0 aliphatic rings. The average molecular weight is 236 g/mol. The largest absolute Gasteiger partial charge is 0.480 e. The van der Waals surface area contributed by atoms with Crippen LogP contribution in [0.4, 0.5) is 4.39 Å². The maximum atomic E-state index is 12.7. The molecule has 2 rings (SSSR count). The van der Waals surface area contributed by atoms with Gasteiger partial charge in [-0.3, -0.25) is 14.7 Å². The first-order chi connectivity index (χ1) is 8.06. The number of halogens is 1. The van der Waals surface area contributed by atoms with Crippen molar-refractivity contribution in [2.45, 2.75) is 6.54 Å². The van der Waals surface area contributed by atoms with Crippen LogP contribution in [0.3, 0.4) is 0 Å². The standard InChI is InChI=1S/C11H9FN2O3/c12-8-3-1-7(2-4-8)9-5-10(15)14(13-9)6-11(16)17/h1-5,13H,6H2,(H,16,17). The van der Waals surface area contributed by atoms with Crippen molar-refractivity contribution in [1.82, 2.24) is 9.78 Å². The van der Waals surface area contributed by atoms with Crippen molar-refractivity contribution in [3.05, 3.63) is 46.5 Å². The molecule has 0 aliphatic heterocycles. The second-order valence-corrected chi connectivity index (χ2v) is 3.49. The van der Waals surface area contributed by atoms with Gasteiger partial charge in [-0.05, 0) is 29.8 Å². The molecule has 0 aliphatic carbocycles. The average Bonchev–Trinajstić information content (AvgIpc) is 2.60. The molecule has 5 nitrogen and oxygen atoms in total. The molecule has 0 spiro atoms. The normalized spacial score (nSPS) is 10.4. The van der Waals surface area contributed by atoms with Gasteiger partial charge in [0.25, 0.3) is 5.56 Å². The summed E-state index contributed by atoms with van der Waals surface area (Å²) in [4.78, 5) is 21.9. The molecule has 1 aromatic heterocycles. The number of benzene rings is 1. The Kier molecular flexibility index (Phi) is 2.78. The van der Waals surface area contributed by atoms with Gasteiger partial charge >= 0.3 is 5.97 Å². The van der Waals surface area contributed by atoms with Crippen molar-refractivity contribution in [3.8, 4) is 11.3 Å². The van der Waals surface area contributed by atoms with Crippen LogP contribution in [0.5, 0.6) is 0 Å². The number of aromatic nitrogens is 2. The second kappa shape index (κ2) is 4.25. The van der Waals surface area contributed by atoms with Crippen molar-refractivity contribution < 1.29 is 14.3 Å². The van der Waals surface area contributed by atoms with Gasteiger partial charge in [0.15, 0.2) is 0 Å². The molecule has 17 heavy (non-hydrogen) atoms. The molecule has 0 bridgehead atoms. The minimum Gasteiger partial charge on any atom is -0.480 e. The Balaban J connectivity index is 2.37. The van der Waals surface area contributed by atoms with Crippen LogP contribution in [0, 0.1) is 5.82 Å². The molecular formula is C11H9FN2O3. The zero-order chi connectivity index (χ0) is 12.4. The quantitative estimate of drug-likeness (QED) is 0.836. The highest BCUT2D eigenvalue weighted by Gasteiger charge is 2.07. The summed E-state index contributed by atoms with van der Waals surface area (Å²) in [5, 5.41) is 11.2. The molecule has 1 aromatic carbocycles. The van der Waals surface area contributed by atoms with Crippen LogP contribution in [-0.4, -0.2) is 20.9 Å². The van der Waals surface area contributed by atoms with E-state index in [1.54, 1.807) is 0 Å². The third-order valence-electron chi connectivity index (χ3n) is 2.24. The van der Waals surface area contributed by atoms with Crippen LogP contribution >= 0.6 is 0 Å². The molecule has 0 saturated carbocycles. The predicted octanol–water partition coefficient (Wildman–Crippen LogP) is 1.07. The zero-order valence-corrected chi connectivity index (χ0v) is 8.68. The van der Waals surface area contributed by atoms with E-state index in [1.165, 1.54) is 30.3 Å². The van der Waals surface area contributed by atoms with Gasteiger partial charge in [-0.2, -0.15) is 0 Å². The Hall–Kier alpha value is -2.37. The minimum atomic E-state index is -1.11. The monoisotopic (exact) mass is 236 g/mol. The smallest absolute Gasteiger partial charge is 0.325 e. The van der Waals surface area contributed by atoms with E-state index in [4.69, 9.17) is 5.11 Å². The van der Waals surface area contributed by atoms with Gasteiger partial charge in [0.05, 0.1) is 5.69 Å². The first-order valence-electron chi connectivity index (χ1n) is 4.84. The molecule has 0 radical (unpaired) electrons. The Morgan fingerprint density at radius 1 is 1.35 bits per heavy atom. The van der Waals surface area contributed by atoms with Crippen molar-refractivity contribution in [2.24, 2.45) is 0 Å². The Bertz CT molecular complexity index is 598. The molecule has 0 atom stereocenters. The van der Waals surface area contributed by atoms with E-state index >= 15 is 0 Å². The number of aromatic amines is 1. The van der Waals surface area contributed by atoms with E-state index in [2.05, 4.69) is 5.10 Å². The molecule has 0 unspecified atom stereocenters. The van der Waals surface area contributed by atoms with Gasteiger partial charge in [-0.1, -0.05) is 0 Å². The highest BCUT2D eigenvalue weighted by Crippen LogP contribution is 2.15. The zero-order valence-electron chi connectivity index (χ0n) is 8.68. The summed E-state index contributed by atoms with van der Waals surface area (Å²) in [6.45, 7) is -0.431. The van der Waals surface area contributed by atoms with Crippen LogP contribution in [0.2, 0.25) is 0 Å². The molecule has 0 fully saturated rings. The summed E-state index contributed by atoms with van der Waals surface area (Å²) < 4.78 is 13.7. The van der Waals surface area contributed by atoms with E-state index in [9.17, 15) is 14.0 Å². The molecule has 2 N–H and O–H groups in total. The summed E-state index contributed by atoms with van der Waals surface area (Å²) in [7, 11) is 0. The summed E-state index contributed by atoms with van der Waals surface area (Å²) >= 11 is 0. The third kappa shape index (κ3) is 2.41. The van der Waals surface area contributed by atoms with Gasteiger partial charge in [0.2, 0.25) is 0 Å². The molecule has 0 amide bonds. The predicted molar refractivity (Wildman–Crippen MR) is 58.1 cm³/mol. The number of hydrogen-bond donors (Lipinski definition) is 2. The van der Waals surface area contributed by atoms with Gasteiger partial charge in [0, 0.05) is 6.07 Å². The number of carbonyl (C=O) groups is 1. The first-order valence-corrected chi connectivity index (χ1v) is 4.84. The molecular weight excluding hydrogens is 227 g/mol. The van der Waals surface area contributed by atoms with Crippen LogP contribution in [-0.2, 0) is 11.3 Å². The Morgan fingerprint density at radius 2 is 2.00 bits per heavy atom. The van der Waals surface area contributed by atoms with Crippen molar-refractivity contribution >= 4 is 5.97 Å². The van der Waals surface area contributed by atoms with E-state index in [1.807, 2.05) is 0 Å². The second-order valence-electron chi connectivity index (χ2n) is 3.49. The molecule has 6 heteroatoms. The van der Waals surface area contributed by atoms with Gasteiger partial charge < -0.3 is 5.11 Å². The van der Waals surface area contributed by atoms with Crippen LogP contribution in [0.1, 0.15) is 0 Å². The fourth-order valence-corrected chi connectivity index (χ4v) is 1.46. The number of aliphatic carboxylic acids is 1. The lowest BCUT2D eigenvalue weighted by molar-refractivity contribution is -0.137. The summed E-state index contributed by atoms with van der Waals surface area (Å²) in [6.07, 6.45) is 0. The van der Waals surface area contributed by atoms with Crippen LogP contribution in [0.15, 0.2) is 35.1 Å². The first kappa shape index (κ1) is 11.1. The number of nitrogens with zero attached hydrogens (tertiary/aromatic N) is 1. The van der Waals surface area contributed by atoms with Gasteiger partial charge in [0.1, 0.15) is 12.4 Å². The number of H-pyrrole nitrogens is 1. The number of rotatable bonds is 3. The molecule has 0 saturated heterocycles. The fraction of sp³-hybridized carbons (Fsp3) is 0.0909.